The number of rotatable bonds is 0. The number of fused-ring (bicyclic) bond motifs is 1. The molecule has 2 unspecified atom stereocenters. The van der Waals surface area contributed by atoms with Crippen molar-refractivity contribution in [3.05, 3.63) is 29.6 Å². The first-order valence-electron chi connectivity index (χ1n) is 8.02. The predicted molar refractivity (Wildman–Crippen MR) is 89.2 cm³/mol. The molecule has 2 aliphatic heterocycles. The van der Waals surface area contributed by atoms with E-state index in [0.717, 1.165) is 12.1 Å². The zero-order valence-corrected chi connectivity index (χ0v) is 14.4. The number of nitrogens with zero attached hydrogens (tertiary/aromatic N) is 3. The molecule has 24 heavy (non-hydrogen) atoms. The summed E-state index contributed by atoms with van der Waals surface area (Å²) in [5.41, 5.74) is 1.74. The molecule has 1 amide bonds. The second-order valence-corrected chi connectivity index (χ2v) is 6.96. The second kappa shape index (κ2) is 6.16. The zero-order chi connectivity index (χ0) is 17.3. The Bertz CT molecular complexity index is 740. The molecule has 126 valence electrons. The van der Waals surface area contributed by atoms with Crippen LogP contribution in [0, 0.1) is 24.7 Å². The number of aromatic nitrogens is 1. The topological polar surface area (TPSA) is 64.0 Å². The molecule has 0 bridgehead atoms. The zero-order valence-electron chi connectivity index (χ0n) is 14.4. The summed E-state index contributed by atoms with van der Waals surface area (Å²) in [6.07, 6.45) is -0.0343. The Morgan fingerprint density at radius 3 is 2.88 bits per heavy atom. The van der Waals surface area contributed by atoms with E-state index in [0.29, 0.717) is 18.0 Å². The molecule has 6 nitrogen and oxygen atoms in total. The molecular weight excluding hydrogens is 306 g/mol. The molecule has 1 aromatic heterocycles. The van der Waals surface area contributed by atoms with Gasteiger partial charge in [-0.2, -0.15) is 0 Å². The summed E-state index contributed by atoms with van der Waals surface area (Å²) in [5.74, 6) is 6.05. The highest BCUT2D eigenvalue weighted by Gasteiger charge is 2.46. The quantitative estimate of drug-likeness (QED) is 0.687. The first-order chi connectivity index (χ1) is 11.3. The average Bonchev–Trinajstić information content (AvgIpc) is 3.05. The predicted octanol–water partition coefficient (Wildman–Crippen LogP) is 2.71. The summed E-state index contributed by atoms with van der Waals surface area (Å²) < 4.78 is 5.42. The van der Waals surface area contributed by atoms with Crippen LogP contribution in [0.15, 0.2) is 23.4 Å². The van der Waals surface area contributed by atoms with Crippen LogP contribution in [-0.4, -0.2) is 40.1 Å². The van der Waals surface area contributed by atoms with Gasteiger partial charge in [-0.05, 0) is 58.1 Å². The molecule has 2 atom stereocenters. The molecule has 0 saturated carbocycles. The number of carbonyl (C=O) groups is 1. The van der Waals surface area contributed by atoms with Gasteiger partial charge in [-0.25, -0.2) is 9.78 Å². The van der Waals surface area contributed by atoms with Crippen molar-refractivity contribution in [2.45, 2.75) is 45.9 Å². The second-order valence-electron chi connectivity index (χ2n) is 6.96. The van der Waals surface area contributed by atoms with E-state index in [1.807, 2.05) is 45.9 Å². The van der Waals surface area contributed by atoms with Crippen molar-refractivity contribution in [1.29, 1.82) is 0 Å². The van der Waals surface area contributed by atoms with E-state index in [-0.39, 0.29) is 12.0 Å². The fourth-order valence-electron chi connectivity index (χ4n) is 2.72. The summed E-state index contributed by atoms with van der Waals surface area (Å²) in [6, 6.07) is 5.70. The average molecular weight is 327 g/mol. The number of oxime groups is 1. The van der Waals surface area contributed by atoms with Gasteiger partial charge < -0.3 is 9.57 Å². The minimum atomic E-state index is -0.534. The van der Waals surface area contributed by atoms with E-state index in [4.69, 9.17) is 9.57 Å². The number of hydrogen-bond donors (Lipinski definition) is 0. The molecule has 1 aromatic rings. The van der Waals surface area contributed by atoms with Crippen LogP contribution in [0.25, 0.3) is 0 Å². The molecule has 0 N–H and O–H groups in total. The third-order valence-corrected chi connectivity index (χ3v) is 3.78. The maximum absolute atomic E-state index is 12.3. The molecule has 0 radical (unpaired) electrons. The maximum atomic E-state index is 12.3. The molecular formula is C18H21N3O3. The number of likely N-dealkylation sites (tertiary alicyclic amines) is 1. The maximum Gasteiger partial charge on any atom is 0.413 e. The first kappa shape index (κ1) is 16.3. The lowest BCUT2D eigenvalue weighted by atomic mass is 10.0. The van der Waals surface area contributed by atoms with E-state index in [9.17, 15) is 4.79 Å². The summed E-state index contributed by atoms with van der Waals surface area (Å²) in [6.45, 7) is 8.03. The molecule has 1 saturated heterocycles. The summed E-state index contributed by atoms with van der Waals surface area (Å²) in [4.78, 5) is 23.6. The fourth-order valence-corrected chi connectivity index (χ4v) is 2.72. The first-order valence-corrected chi connectivity index (χ1v) is 8.02. The number of aryl methyl sites for hydroxylation is 1. The molecule has 3 heterocycles. The summed E-state index contributed by atoms with van der Waals surface area (Å²) >= 11 is 0. The van der Waals surface area contributed by atoms with Gasteiger partial charge in [-0.3, -0.25) is 4.90 Å². The van der Waals surface area contributed by atoms with Crippen molar-refractivity contribution in [1.82, 2.24) is 9.88 Å². The minimum Gasteiger partial charge on any atom is -0.444 e. The number of hydrogen-bond acceptors (Lipinski definition) is 5. The normalized spacial score (nSPS) is 22.2. The van der Waals surface area contributed by atoms with Gasteiger partial charge >= 0.3 is 6.09 Å². The summed E-state index contributed by atoms with van der Waals surface area (Å²) in [5, 5.41) is 4.05. The lowest BCUT2D eigenvalue weighted by Gasteiger charge is -2.26. The molecule has 0 aromatic carbocycles. The van der Waals surface area contributed by atoms with Crippen LogP contribution in [0.2, 0.25) is 0 Å². The van der Waals surface area contributed by atoms with Crippen LogP contribution in [0.4, 0.5) is 4.79 Å². The third kappa shape index (κ3) is 3.51. The molecule has 3 rings (SSSR count). The van der Waals surface area contributed by atoms with E-state index < -0.39 is 11.8 Å². The lowest BCUT2D eigenvalue weighted by molar-refractivity contribution is -0.0437. The van der Waals surface area contributed by atoms with Gasteiger partial charge in [-0.15, -0.1) is 0 Å². The van der Waals surface area contributed by atoms with Gasteiger partial charge in [0.05, 0.1) is 5.92 Å². The molecule has 6 heteroatoms. The molecule has 1 fully saturated rings. The highest BCUT2D eigenvalue weighted by atomic mass is 16.7. The Morgan fingerprint density at radius 2 is 2.17 bits per heavy atom. The van der Waals surface area contributed by atoms with Gasteiger partial charge in [0.2, 0.25) is 6.23 Å². The fraction of sp³-hybridized carbons (Fsp3) is 0.500. The molecule has 0 aliphatic carbocycles. The van der Waals surface area contributed by atoms with Gasteiger partial charge in [0.25, 0.3) is 0 Å². The van der Waals surface area contributed by atoms with Crippen LogP contribution in [0.3, 0.4) is 0 Å². The van der Waals surface area contributed by atoms with Crippen molar-refractivity contribution in [3.8, 4) is 11.8 Å². The monoisotopic (exact) mass is 327 g/mol. The van der Waals surface area contributed by atoms with Crippen LogP contribution in [-0.2, 0) is 9.57 Å². The Labute approximate surface area is 141 Å². The standard InChI is InChI=1S/C18H21N3O3/c1-12-6-5-7-13(19-12)8-9-15-14-10-11-21(16(14)24-20-15)17(22)23-18(2,3)4/h5-7,14,16H,10-11H2,1-4H3. The smallest absolute Gasteiger partial charge is 0.413 e. The van der Waals surface area contributed by atoms with Gasteiger partial charge in [0.1, 0.15) is 17.0 Å². The minimum absolute atomic E-state index is 0.00479. The van der Waals surface area contributed by atoms with Gasteiger partial charge in [0, 0.05) is 12.2 Å². The van der Waals surface area contributed by atoms with Crippen molar-refractivity contribution in [3.63, 3.8) is 0 Å². The van der Waals surface area contributed by atoms with Crippen molar-refractivity contribution in [2.24, 2.45) is 11.1 Å². The van der Waals surface area contributed by atoms with Crippen LogP contribution in [0.1, 0.15) is 38.6 Å². The highest BCUT2D eigenvalue weighted by molar-refractivity contribution is 6.03. The van der Waals surface area contributed by atoms with Crippen molar-refractivity contribution >= 4 is 11.8 Å². The van der Waals surface area contributed by atoms with Crippen LogP contribution >= 0.6 is 0 Å². The number of pyridine rings is 1. The van der Waals surface area contributed by atoms with Crippen molar-refractivity contribution in [2.75, 3.05) is 6.54 Å². The Morgan fingerprint density at radius 1 is 1.38 bits per heavy atom. The Kier molecular flexibility index (Phi) is 4.18. The number of ether oxygens (including phenoxy) is 1. The van der Waals surface area contributed by atoms with E-state index in [1.54, 1.807) is 4.90 Å². The number of carbonyl (C=O) groups excluding carboxylic acids is 1. The van der Waals surface area contributed by atoms with E-state index in [2.05, 4.69) is 22.0 Å². The summed E-state index contributed by atoms with van der Waals surface area (Å²) in [7, 11) is 0. The van der Waals surface area contributed by atoms with Crippen LogP contribution in [0.5, 0.6) is 0 Å². The Hall–Kier alpha value is -2.55. The SMILES string of the molecule is Cc1cccc(C#CC2=NOC3C2CCN3C(=O)OC(C)(C)C)n1. The van der Waals surface area contributed by atoms with Gasteiger partial charge in [0.15, 0.2) is 0 Å². The third-order valence-electron chi connectivity index (χ3n) is 3.78. The van der Waals surface area contributed by atoms with E-state index >= 15 is 0 Å². The largest absolute Gasteiger partial charge is 0.444 e. The van der Waals surface area contributed by atoms with Crippen molar-refractivity contribution < 1.29 is 14.4 Å². The Balaban J connectivity index is 1.68. The lowest BCUT2D eigenvalue weighted by Crippen LogP contribution is -2.41. The van der Waals surface area contributed by atoms with Gasteiger partial charge in [-0.1, -0.05) is 11.2 Å². The molecule has 2 aliphatic rings. The number of amides is 1. The molecule has 0 spiro atoms. The van der Waals surface area contributed by atoms with E-state index in [1.165, 1.54) is 0 Å². The van der Waals surface area contributed by atoms with Crippen LogP contribution < -0.4 is 0 Å². The highest BCUT2D eigenvalue weighted by Crippen LogP contribution is 2.32.